The SMILES string of the molecule is O=[N+]([O-])c1ccc(N2CCO[C@H](c3ccc(OCc4ccccc4)cc3)C2)cc1. The monoisotopic (exact) mass is 390 g/mol. The summed E-state index contributed by atoms with van der Waals surface area (Å²) in [5, 5.41) is 10.8. The van der Waals surface area contributed by atoms with Gasteiger partial charge < -0.3 is 14.4 Å². The van der Waals surface area contributed by atoms with Crippen LogP contribution in [0.25, 0.3) is 0 Å². The van der Waals surface area contributed by atoms with Crippen LogP contribution in [0.15, 0.2) is 78.9 Å². The standard InChI is InChI=1S/C23H22N2O4/c26-25(27)21-10-8-20(9-11-21)24-14-15-28-23(16-24)19-6-12-22(13-7-19)29-17-18-4-2-1-3-5-18/h1-13,23H,14-17H2/t23-/m0/s1. The predicted octanol–water partition coefficient (Wildman–Crippen LogP) is 4.75. The Kier molecular flexibility index (Phi) is 5.72. The quantitative estimate of drug-likeness (QED) is 0.449. The highest BCUT2D eigenvalue weighted by atomic mass is 16.6. The lowest BCUT2D eigenvalue weighted by Crippen LogP contribution is -2.38. The molecule has 1 aliphatic heterocycles. The van der Waals surface area contributed by atoms with Crippen molar-refractivity contribution in [2.24, 2.45) is 0 Å². The molecule has 1 heterocycles. The summed E-state index contributed by atoms with van der Waals surface area (Å²) in [7, 11) is 0. The zero-order chi connectivity index (χ0) is 20.1. The minimum absolute atomic E-state index is 0.0536. The van der Waals surface area contributed by atoms with Crippen LogP contribution in [-0.2, 0) is 11.3 Å². The van der Waals surface area contributed by atoms with Crippen LogP contribution in [-0.4, -0.2) is 24.6 Å². The van der Waals surface area contributed by atoms with Crippen molar-refractivity contribution in [3.05, 3.63) is 100 Å². The predicted molar refractivity (Wildman–Crippen MR) is 111 cm³/mol. The first-order chi connectivity index (χ1) is 14.2. The molecule has 1 saturated heterocycles. The highest BCUT2D eigenvalue weighted by Gasteiger charge is 2.22. The molecular formula is C23H22N2O4. The van der Waals surface area contributed by atoms with Gasteiger partial charge in [-0.25, -0.2) is 0 Å². The van der Waals surface area contributed by atoms with Gasteiger partial charge >= 0.3 is 0 Å². The Morgan fingerprint density at radius 3 is 2.41 bits per heavy atom. The highest BCUT2D eigenvalue weighted by Crippen LogP contribution is 2.28. The summed E-state index contributed by atoms with van der Waals surface area (Å²) in [6.45, 7) is 2.59. The molecular weight excluding hydrogens is 368 g/mol. The average Bonchev–Trinajstić information content (AvgIpc) is 2.79. The molecule has 0 aromatic heterocycles. The number of hydrogen-bond acceptors (Lipinski definition) is 5. The molecule has 1 atom stereocenters. The second-order valence-electron chi connectivity index (χ2n) is 6.92. The molecule has 0 amide bonds. The molecule has 0 N–H and O–H groups in total. The maximum Gasteiger partial charge on any atom is 0.269 e. The van der Waals surface area contributed by atoms with Crippen molar-refractivity contribution in [1.29, 1.82) is 0 Å². The second kappa shape index (κ2) is 8.75. The maximum atomic E-state index is 10.8. The van der Waals surface area contributed by atoms with Crippen LogP contribution in [0.1, 0.15) is 17.2 Å². The third-order valence-corrected chi connectivity index (χ3v) is 4.99. The van der Waals surface area contributed by atoms with E-state index >= 15 is 0 Å². The van der Waals surface area contributed by atoms with Gasteiger partial charge in [-0.3, -0.25) is 10.1 Å². The Balaban J connectivity index is 1.38. The normalized spacial score (nSPS) is 16.4. The van der Waals surface area contributed by atoms with E-state index in [9.17, 15) is 10.1 Å². The second-order valence-corrected chi connectivity index (χ2v) is 6.92. The fourth-order valence-corrected chi connectivity index (χ4v) is 3.39. The molecule has 6 nitrogen and oxygen atoms in total. The van der Waals surface area contributed by atoms with E-state index in [-0.39, 0.29) is 16.7 Å². The van der Waals surface area contributed by atoms with E-state index in [1.165, 1.54) is 0 Å². The first kappa shape index (κ1) is 19.0. The van der Waals surface area contributed by atoms with Gasteiger partial charge in [-0.2, -0.15) is 0 Å². The fourth-order valence-electron chi connectivity index (χ4n) is 3.39. The summed E-state index contributed by atoms with van der Waals surface area (Å²) in [6.07, 6.45) is -0.0536. The summed E-state index contributed by atoms with van der Waals surface area (Å²) < 4.78 is 11.8. The van der Waals surface area contributed by atoms with E-state index in [0.717, 1.165) is 29.1 Å². The first-order valence-electron chi connectivity index (χ1n) is 9.57. The number of non-ortho nitro benzene ring substituents is 1. The maximum absolute atomic E-state index is 10.8. The Hall–Kier alpha value is -3.38. The smallest absolute Gasteiger partial charge is 0.269 e. The summed E-state index contributed by atoms with van der Waals surface area (Å²) in [5.74, 6) is 0.820. The van der Waals surface area contributed by atoms with Gasteiger partial charge in [-0.1, -0.05) is 42.5 Å². The van der Waals surface area contributed by atoms with Crippen molar-refractivity contribution in [2.75, 3.05) is 24.6 Å². The van der Waals surface area contributed by atoms with Crippen LogP contribution in [0.2, 0.25) is 0 Å². The number of ether oxygens (including phenoxy) is 2. The third kappa shape index (κ3) is 4.73. The summed E-state index contributed by atoms with van der Waals surface area (Å²) in [5.41, 5.74) is 3.28. The van der Waals surface area contributed by atoms with Crippen molar-refractivity contribution in [3.8, 4) is 5.75 Å². The molecule has 0 saturated carbocycles. The third-order valence-electron chi connectivity index (χ3n) is 4.99. The number of morpholine rings is 1. The summed E-state index contributed by atoms with van der Waals surface area (Å²) >= 11 is 0. The van der Waals surface area contributed by atoms with E-state index in [1.807, 2.05) is 54.6 Å². The molecule has 0 aliphatic carbocycles. The Morgan fingerprint density at radius 1 is 1.00 bits per heavy atom. The van der Waals surface area contributed by atoms with E-state index in [2.05, 4.69) is 4.90 Å². The lowest BCUT2D eigenvalue weighted by molar-refractivity contribution is -0.384. The largest absolute Gasteiger partial charge is 0.489 e. The van der Waals surface area contributed by atoms with Crippen LogP contribution in [0.4, 0.5) is 11.4 Å². The minimum Gasteiger partial charge on any atom is -0.489 e. The molecule has 29 heavy (non-hydrogen) atoms. The Labute approximate surface area is 169 Å². The van der Waals surface area contributed by atoms with Crippen molar-refractivity contribution in [3.63, 3.8) is 0 Å². The number of nitro groups is 1. The number of rotatable bonds is 6. The molecule has 1 fully saturated rings. The van der Waals surface area contributed by atoms with Gasteiger partial charge in [0, 0.05) is 30.9 Å². The molecule has 0 radical (unpaired) electrons. The molecule has 4 rings (SSSR count). The van der Waals surface area contributed by atoms with E-state index in [1.54, 1.807) is 24.3 Å². The molecule has 0 spiro atoms. The van der Waals surface area contributed by atoms with E-state index < -0.39 is 0 Å². The van der Waals surface area contributed by atoms with Crippen LogP contribution in [0.5, 0.6) is 5.75 Å². The number of anilines is 1. The Morgan fingerprint density at radius 2 is 1.72 bits per heavy atom. The van der Waals surface area contributed by atoms with Gasteiger partial charge in [-0.15, -0.1) is 0 Å². The van der Waals surface area contributed by atoms with Gasteiger partial charge in [0.25, 0.3) is 5.69 Å². The van der Waals surface area contributed by atoms with Crippen molar-refractivity contribution in [1.82, 2.24) is 0 Å². The molecule has 0 bridgehead atoms. The number of nitrogens with zero attached hydrogens (tertiary/aromatic N) is 2. The number of nitro benzene ring substituents is 1. The van der Waals surface area contributed by atoms with Crippen molar-refractivity contribution >= 4 is 11.4 Å². The highest BCUT2D eigenvalue weighted by molar-refractivity contribution is 5.51. The summed E-state index contributed by atoms with van der Waals surface area (Å²) in [4.78, 5) is 12.7. The van der Waals surface area contributed by atoms with Crippen molar-refractivity contribution in [2.45, 2.75) is 12.7 Å². The van der Waals surface area contributed by atoms with Crippen LogP contribution < -0.4 is 9.64 Å². The molecule has 148 valence electrons. The average molecular weight is 390 g/mol. The van der Waals surface area contributed by atoms with Gasteiger partial charge in [0.15, 0.2) is 0 Å². The van der Waals surface area contributed by atoms with E-state index in [4.69, 9.17) is 9.47 Å². The summed E-state index contributed by atoms with van der Waals surface area (Å²) in [6, 6.07) is 24.7. The van der Waals surface area contributed by atoms with E-state index in [0.29, 0.717) is 19.8 Å². The topological polar surface area (TPSA) is 64.8 Å². The molecule has 1 aliphatic rings. The molecule has 3 aromatic carbocycles. The molecule has 6 heteroatoms. The molecule has 0 unspecified atom stereocenters. The Bertz CT molecular complexity index is 943. The van der Waals surface area contributed by atoms with Gasteiger partial charge in [-0.05, 0) is 35.4 Å². The van der Waals surface area contributed by atoms with Crippen LogP contribution >= 0.6 is 0 Å². The van der Waals surface area contributed by atoms with Crippen molar-refractivity contribution < 1.29 is 14.4 Å². The number of hydrogen-bond donors (Lipinski definition) is 0. The number of benzene rings is 3. The zero-order valence-electron chi connectivity index (χ0n) is 15.9. The van der Waals surface area contributed by atoms with Gasteiger partial charge in [0.2, 0.25) is 0 Å². The van der Waals surface area contributed by atoms with Gasteiger partial charge in [0.1, 0.15) is 18.5 Å². The minimum atomic E-state index is -0.382. The van der Waals surface area contributed by atoms with Gasteiger partial charge in [0.05, 0.1) is 11.5 Å². The lowest BCUT2D eigenvalue weighted by atomic mass is 10.1. The van der Waals surface area contributed by atoms with Crippen LogP contribution in [0.3, 0.4) is 0 Å². The molecule has 3 aromatic rings. The first-order valence-corrected chi connectivity index (χ1v) is 9.57. The van der Waals surface area contributed by atoms with Crippen LogP contribution in [0, 0.1) is 10.1 Å². The fraction of sp³-hybridized carbons (Fsp3) is 0.217. The zero-order valence-corrected chi connectivity index (χ0v) is 15.9. The lowest BCUT2D eigenvalue weighted by Gasteiger charge is -2.34.